The second-order valence-electron chi connectivity index (χ2n) is 13.3. The lowest BCUT2D eigenvalue weighted by Gasteiger charge is -2.26. The molecule has 0 radical (unpaired) electrons. The third-order valence-electron chi connectivity index (χ3n) is 10.4. The number of hydrogen-bond donors (Lipinski definition) is 0. The van der Waals surface area contributed by atoms with Gasteiger partial charge in [-0.3, -0.25) is 0 Å². The minimum absolute atomic E-state index is 0.244. The van der Waals surface area contributed by atoms with Gasteiger partial charge in [0.1, 0.15) is 0 Å². The van der Waals surface area contributed by atoms with Gasteiger partial charge in [-0.25, -0.2) is 9.97 Å². The first-order chi connectivity index (χ1) is 23.1. The minimum atomic E-state index is -0.244. The zero-order chi connectivity index (χ0) is 31.3. The number of rotatable bonds is 3. The number of nitrogens with zero attached hydrogens (tertiary/aromatic N) is 2. The van der Waals surface area contributed by atoms with Crippen LogP contribution in [-0.4, -0.2) is 9.97 Å². The molecule has 2 nitrogen and oxygen atoms in total. The van der Waals surface area contributed by atoms with E-state index in [1.807, 2.05) is 0 Å². The van der Waals surface area contributed by atoms with E-state index in [-0.39, 0.29) is 5.41 Å². The molecule has 0 bridgehead atoms. The van der Waals surface area contributed by atoms with E-state index in [4.69, 9.17) is 9.97 Å². The van der Waals surface area contributed by atoms with Crippen molar-refractivity contribution in [2.24, 2.45) is 0 Å². The van der Waals surface area contributed by atoms with Gasteiger partial charge >= 0.3 is 0 Å². The molecule has 7 aromatic carbocycles. The van der Waals surface area contributed by atoms with Gasteiger partial charge in [0.05, 0.1) is 11.2 Å². The number of benzene rings is 7. The van der Waals surface area contributed by atoms with Crippen molar-refractivity contribution in [2.45, 2.75) is 19.3 Å². The van der Waals surface area contributed by atoms with E-state index in [0.717, 1.165) is 33.5 Å². The van der Waals surface area contributed by atoms with Crippen LogP contribution in [0, 0.1) is 0 Å². The summed E-state index contributed by atoms with van der Waals surface area (Å²) < 4.78 is 0. The summed E-state index contributed by atoms with van der Waals surface area (Å²) in [6.07, 6.45) is 0. The first kappa shape index (κ1) is 26.4. The lowest BCUT2D eigenvalue weighted by Crippen LogP contribution is -2.17. The molecule has 2 aliphatic rings. The first-order valence-electron chi connectivity index (χ1n) is 16.3. The predicted molar refractivity (Wildman–Crippen MR) is 195 cm³/mol. The number of hydrogen-bond acceptors (Lipinski definition) is 2. The SMILES string of the molecule is CC1(C)c2ccc3cccc4c3c2-c2c(ccc(-c3nc(-c5cccc(-c6ccccc6)c5)c5ccccc5n3)c21)-c1ccccc1-4. The third-order valence-corrected chi connectivity index (χ3v) is 10.4. The summed E-state index contributed by atoms with van der Waals surface area (Å²) in [6, 6.07) is 52.6. The van der Waals surface area contributed by atoms with E-state index in [9.17, 15) is 0 Å². The average Bonchev–Trinajstić information content (AvgIpc) is 3.29. The van der Waals surface area contributed by atoms with Crippen LogP contribution in [0.2, 0.25) is 0 Å². The van der Waals surface area contributed by atoms with Crippen molar-refractivity contribution >= 4 is 21.7 Å². The van der Waals surface area contributed by atoms with Crippen LogP contribution in [0.25, 0.3) is 88.8 Å². The monoisotopic (exact) mass is 598 g/mol. The number of aromatic nitrogens is 2. The van der Waals surface area contributed by atoms with Crippen molar-refractivity contribution in [3.63, 3.8) is 0 Å². The fourth-order valence-electron chi connectivity index (χ4n) is 8.29. The van der Waals surface area contributed by atoms with Gasteiger partial charge in [0.25, 0.3) is 0 Å². The highest BCUT2D eigenvalue weighted by molar-refractivity contribution is 6.17. The lowest BCUT2D eigenvalue weighted by molar-refractivity contribution is 0.662. The Morgan fingerprint density at radius 2 is 1.15 bits per heavy atom. The summed E-state index contributed by atoms with van der Waals surface area (Å²) in [5, 5.41) is 3.68. The molecule has 1 aromatic heterocycles. The molecule has 0 N–H and O–H groups in total. The minimum Gasteiger partial charge on any atom is -0.228 e. The van der Waals surface area contributed by atoms with Crippen molar-refractivity contribution in [3.8, 4) is 67.2 Å². The van der Waals surface area contributed by atoms with Gasteiger partial charge in [-0.05, 0) is 78.5 Å². The van der Waals surface area contributed by atoms with Gasteiger partial charge in [-0.15, -0.1) is 0 Å². The molecular weight excluding hydrogens is 569 g/mol. The van der Waals surface area contributed by atoms with Gasteiger partial charge in [0.2, 0.25) is 0 Å². The second-order valence-corrected chi connectivity index (χ2v) is 13.3. The Balaban J connectivity index is 1.28. The molecule has 0 aliphatic heterocycles. The lowest BCUT2D eigenvalue weighted by atomic mass is 9.78. The Labute approximate surface area is 274 Å². The average molecular weight is 599 g/mol. The fourth-order valence-corrected chi connectivity index (χ4v) is 8.29. The molecule has 0 spiro atoms. The quantitative estimate of drug-likeness (QED) is 0.202. The van der Waals surface area contributed by atoms with E-state index in [0.29, 0.717) is 0 Å². The van der Waals surface area contributed by atoms with Crippen LogP contribution in [-0.2, 0) is 5.41 Å². The van der Waals surface area contributed by atoms with Gasteiger partial charge in [-0.2, -0.15) is 0 Å². The summed E-state index contributed by atoms with van der Waals surface area (Å²) in [4.78, 5) is 10.7. The van der Waals surface area contributed by atoms with Gasteiger partial charge in [0.15, 0.2) is 5.82 Å². The largest absolute Gasteiger partial charge is 0.228 e. The number of para-hydroxylation sites is 1. The van der Waals surface area contributed by atoms with Gasteiger partial charge in [0, 0.05) is 21.9 Å². The van der Waals surface area contributed by atoms with E-state index >= 15 is 0 Å². The van der Waals surface area contributed by atoms with Crippen LogP contribution >= 0.6 is 0 Å². The highest BCUT2D eigenvalue weighted by Crippen LogP contribution is 2.60. The molecular formula is C45H30N2. The molecule has 2 aliphatic carbocycles. The topological polar surface area (TPSA) is 25.8 Å². The van der Waals surface area contributed by atoms with Gasteiger partial charge in [-0.1, -0.05) is 147 Å². The first-order valence-corrected chi connectivity index (χ1v) is 16.3. The summed E-state index contributed by atoms with van der Waals surface area (Å²) in [5.41, 5.74) is 16.7. The van der Waals surface area contributed by atoms with Crippen molar-refractivity contribution in [2.75, 3.05) is 0 Å². The molecule has 0 atom stereocenters. The molecule has 8 aromatic rings. The van der Waals surface area contributed by atoms with Crippen molar-refractivity contribution < 1.29 is 0 Å². The smallest absolute Gasteiger partial charge is 0.160 e. The zero-order valence-corrected chi connectivity index (χ0v) is 26.3. The Kier molecular flexibility index (Phi) is 5.37. The molecule has 0 unspecified atom stereocenters. The molecule has 10 rings (SSSR count). The molecule has 0 saturated heterocycles. The van der Waals surface area contributed by atoms with E-state index in [1.54, 1.807) is 0 Å². The molecule has 0 amide bonds. The molecule has 0 fully saturated rings. The predicted octanol–water partition coefficient (Wildman–Crippen LogP) is 11.7. The molecule has 47 heavy (non-hydrogen) atoms. The second kappa shape index (κ2) is 9.57. The Morgan fingerprint density at radius 3 is 2.02 bits per heavy atom. The standard InChI is InChI=1S/C45H30N2/c1-45(2)37-25-22-28-14-11-20-33-31-17-6-7-18-32(31)34-23-24-36(42(45)40(34)41(37)39(28)33)44-46-38-21-9-8-19-35(38)43(47-44)30-16-10-15-29(26-30)27-12-4-3-5-13-27/h3-26H,1-2H3. The van der Waals surface area contributed by atoms with E-state index in [1.165, 1.54) is 66.4 Å². The van der Waals surface area contributed by atoms with Crippen LogP contribution in [0.15, 0.2) is 146 Å². The highest BCUT2D eigenvalue weighted by Gasteiger charge is 2.42. The molecule has 1 heterocycles. The van der Waals surface area contributed by atoms with Crippen LogP contribution in [0.3, 0.4) is 0 Å². The van der Waals surface area contributed by atoms with Crippen molar-refractivity contribution in [3.05, 3.63) is 157 Å². The summed E-state index contributed by atoms with van der Waals surface area (Å²) in [7, 11) is 0. The van der Waals surface area contributed by atoms with Crippen LogP contribution in [0.5, 0.6) is 0 Å². The van der Waals surface area contributed by atoms with Gasteiger partial charge < -0.3 is 0 Å². The molecule has 220 valence electrons. The summed E-state index contributed by atoms with van der Waals surface area (Å²) in [5.74, 6) is 0.768. The Bertz CT molecular complexity index is 2590. The van der Waals surface area contributed by atoms with Crippen LogP contribution in [0.1, 0.15) is 25.0 Å². The van der Waals surface area contributed by atoms with Crippen molar-refractivity contribution in [1.82, 2.24) is 9.97 Å². The number of fused-ring (bicyclic) bond motifs is 4. The Hall–Kier alpha value is -5.86. The van der Waals surface area contributed by atoms with Crippen LogP contribution in [0.4, 0.5) is 0 Å². The highest BCUT2D eigenvalue weighted by atomic mass is 14.9. The van der Waals surface area contributed by atoms with E-state index < -0.39 is 0 Å². The van der Waals surface area contributed by atoms with Crippen LogP contribution < -0.4 is 0 Å². The van der Waals surface area contributed by atoms with Crippen molar-refractivity contribution in [1.29, 1.82) is 0 Å². The fraction of sp³-hybridized carbons (Fsp3) is 0.0667. The maximum absolute atomic E-state index is 5.45. The maximum atomic E-state index is 5.45. The summed E-state index contributed by atoms with van der Waals surface area (Å²) in [6.45, 7) is 4.75. The maximum Gasteiger partial charge on any atom is 0.160 e. The zero-order valence-electron chi connectivity index (χ0n) is 26.3. The third kappa shape index (κ3) is 3.67. The van der Waals surface area contributed by atoms with E-state index in [2.05, 4.69) is 159 Å². The summed E-state index contributed by atoms with van der Waals surface area (Å²) >= 11 is 0. The normalized spacial score (nSPS) is 13.5. The Morgan fingerprint density at radius 1 is 0.468 bits per heavy atom. The molecule has 2 heteroatoms. The molecule has 0 saturated carbocycles.